The van der Waals surface area contributed by atoms with Crippen molar-refractivity contribution in [1.82, 2.24) is 19.1 Å². The van der Waals surface area contributed by atoms with Gasteiger partial charge in [0, 0.05) is 43.7 Å². The number of fused-ring (bicyclic) bond motifs is 8. The van der Waals surface area contributed by atoms with E-state index >= 15 is 0 Å². The van der Waals surface area contributed by atoms with Gasteiger partial charge in [-0.15, -0.1) is 0 Å². The molecule has 0 aliphatic rings. The molecule has 0 saturated heterocycles. The Morgan fingerprint density at radius 3 is 1.81 bits per heavy atom. The Labute approximate surface area is 334 Å². The van der Waals surface area contributed by atoms with Crippen molar-refractivity contribution in [3.8, 4) is 45.1 Å². The second kappa shape index (κ2) is 12.9. The molecule has 270 valence electrons. The average molecular weight is 739 g/mol. The summed E-state index contributed by atoms with van der Waals surface area (Å²) in [5.74, 6) is 0.923. The number of pyridine rings is 1. The van der Waals surface area contributed by atoms with Crippen LogP contribution in [0.5, 0.6) is 0 Å². The number of benzene rings is 9. The van der Waals surface area contributed by atoms with Crippen LogP contribution in [-0.2, 0) is 0 Å². The first-order valence-corrected chi connectivity index (χ1v) is 19.7. The molecular weight excluding hydrogens is 705 g/mol. The first-order valence-electron chi connectivity index (χ1n) is 19.7. The number of aromatic nitrogens is 4. The smallest absolute Gasteiger partial charge is 0.145 e. The summed E-state index contributed by atoms with van der Waals surface area (Å²) in [6, 6.07) is 73.7. The second-order valence-corrected chi connectivity index (χ2v) is 15.0. The average Bonchev–Trinajstić information content (AvgIpc) is 3.84. The fourth-order valence-electron chi connectivity index (χ4n) is 9.00. The monoisotopic (exact) mass is 738 g/mol. The maximum Gasteiger partial charge on any atom is 0.145 e. The SMILES string of the molecule is c1ccc(-c2nc3cc4c5cc(-c6ccc(-c7nc8ccccc8n7-c7cccc8ccccc78)cc6)ccc5n(-c5ccccc5)c4cc3c3ccccc23)cc1. The molecule has 0 radical (unpaired) electrons. The van der Waals surface area contributed by atoms with Crippen LogP contribution in [0, 0.1) is 0 Å². The molecule has 3 heterocycles. The van der Waals surface area contributed by atoms with E-state index in [9.17, 15) is 0 Å². The Kier molecular flexibility index (Phi) is 7.20. The first kappa shape index (κ1) is 32.4. The van der Waals surface area contributed by atoms with Gasteiger partial charge in [0.2, 0.25) is 0 Å². The highest BCUT2D eigenvalue weighted by Crippen LogP contribution is 2.41. The predicted molar refractivity (Wildman–Crippen MR) is 242 cm³/mol. The van der Waals surface area contributed by atoms with Gasteiger partial charge in [-0.3, -0.25) is 4.57 Å². The fourth-order valence-corrected chi connectivity index (χ4v) is 9.00. The normalized spacial score (nSPS) is 11.8. The molecule has 4 heteroatoms. The van der Waals surface area contributed by atoms with Gasteiger partial charge >= 0.3 is 0 Å². The van der Waals surface area contributed by atoms with E-state index in [1.807, 2.05) is 0 Å². The second-order valence-electron chi connectivity index (χ2n) is 15.0. The molecule has 0 amide bonds. The summed E-state index contributed by atoms with van der Waals surface area (Å²) in [5.41, 5.74) is 13.1. The van der Waals surface area contributed by atoms with E-state index in [2.05, 4.69) is 215 Å². The zero-order valence-corrected chi connectivity index (χ0v) is 31.4. The van der Waals surface area contributed by atoms with Crippen LogP contribution in [0.1, 0.15) is 0 Å². The lowest BCUT2D eigenvalue weighted by atomic mass is 9.98. The van der Waals surface area contributed by atoms with Crippen molar-refractivity contribution < 1.29 is 0 Å². The Morgan fingerprint density at radius 2 is 0.966 bits per heavy atom. The summed E-state index contributed by atoms with van der Waals surface area (Å²) >= 11 is 0. The summed E-state index contributed by atoms with van der Waals surface area (Å²) in [7, 11) is 0. The molecule has 0 spiro atoms. The Bertz CT molecular complexity index is 3540. The van der Waals surface area contributed by atoms with Crippen LogP contribution >= 0.6 is 0 Å². The van der Waals surface area contributed by atoms with Crippen LogP contribution in [0.4, 0.5) is 0 Å². The van der Waals surface area contributed by atoms with Crippen LogP contribution in [0.3, 0.4) is 0 Å². The van der Waals surface area contributed by atoms with Gasteiger partial charge in [-0.2, -0.15) is 0 Å². The van der Waals surface area contributed by atoms with E-state index in [0.717, 1.165) is 83.5 Å². The Hall–Kier alpha value is -7.82. The fraction of sp³-hybridized carbons (Fsp3) is 0. The Balaban J connectivity index is 1.04. The molecule has 58 heavy (non-hydrogen) atoms. The van der Waals surface area contributed by atoms with E-state index in [4.69, 9.17) is 9.97 Å². The maximum atomic E-state index is 5.38. The van der Waals surface area contributed by atoms with Gasteiger partial charge in [-0.25, -0.2) is 9.97 Å². The van der Waals surface area contributed by atoms with Gasteiger partial charge in [-0.05, 0) is 76.5 Å². The molecule has 3 aromatic heterocycles. The Morgan fingerprint density at radius 1 is 0.310 bits per heavy atom. The van der Waals surface area contributed by atoms with Gasteiger partial charge in [-0.1, -0.05) is 152 Å². The molecule has 0 aliphatic carbocycles. The van der Waals surface area contributed by atoms with Crippen LogP contribution in [-0.4, -0.2) is 19.1 Å². The summed E-state index contributed by atoms with van der Waals surface area (Å²) in [5, 5.41) is 8.27. The number of nitrogens with zero attached hydrogens (tertiary/aromatic N) is 4. The highest BCUT2D eigenvalue weighted by molar-refractivity contribution is 6.19. The van der Waals surface area contributed by atoms with E-state index in [0.29, 0.717) is 0 Å². The van der Waals surface area contributed by atoms with Crippen molar-refractivity contribution in [3.63, 3.8) is 0 Å². The molecule has 0 N–H and O–H groups in total. The van der Waals surface area contributed by atoms with Crippen LogP contribution in [0.25, 0.3) is 110 Å². The topological polar surface area (TPSA) is 35.6 Å². The van der Waals surface area contributed by atoms with Gasteiger partial charge in [0.1, 0.15) is 5.82 Å². The highest BCUT2D eigenvalue weighted by atomic mass is 15.1. The van der Waals surface area contributed by atoms with Crippen LogP contribution in [0.15, 0.2) is 206 Å². The molecule has 0 unspecified atom stereocenters. The third kappa shape index (κ3) is 5.02. The van der Waals surface area contributed by atoms with Crippen molar-refractivity contribution in [2.75, 3.05) is 0 Å². The minimum atomic E-state index is 0.923. The van der Waals surface area contributed by atoms with Crippen molar-refractivity contribution >= 4 is 65.3 Å². The van der Waals surface area contributed by atoms with E-state index in [-0.39, 0.29) is 0 Å². The van der Waals surface area contributed by atoms with Crippen LogP contribution < -0.4 is 0 Å². The summed E-state index contributed by atoms with van der Waals surface area (Å²) in [4.78, 5) is 10.6. The number of para-hydroxylation sites is 3. The lowest BCUT2D eigenvalue weighted by molar-refractivity contribution is 1.11. The minimum absolute atomic E-state index is 0.923. The lowest BCUT2D eigenvalue weighted by Gasteiger charge is -2.13. The number of rotatable bonds is 5. The summed E-state index contributed by atoms with van der Waals surface area (Å²) in [6.45, 7) is 0. The molecule has 9 aromatic carbocycles. The third-order valence-electron chi connectivity index (χ3n) is 11.7. The predicted octanol–water partition coefficient (Wildman–Crippen LogP) is 14.0. The molecule has 0 aliphatic heterocycles. The highest BCUT2D eigenvalue weighted by Gasteiger charge is 2.19. The molecule has 4 nitrogen and oxygen atoms in total. The molecule has 0 fully saturated rings. The summed E-state index contributed by atoms with van der Waals surface area (Å²) in [6.07, 6.45) is 0. The van der Waals surface area contributed by atoms with E-state index in [1.54, 1.807) is 0 Å². The van der Waals surface area contributed by atoms with E-state index in [1.165, 1.54) is 26.9 Å². The molecule has 12 aromatic rings. The molecule has 0 bridgehead atoms. The molecule has 0 atom stereocenters. The van der Waals surface area contributed by atoms with Crippen LogP contribution in [0.2, 0.25) is 0 Å². The van der Waals surface area contributed by atoms with Crippen molar-refractivity contribution in [1.29, 1.82) is 0 Å². The van der Waals surface area contributed by atoms with Gasteiger partial charge in [0.25, 0.3) is 0 Å². The van der Waals surface area contributed by atoms with Gasteiger partial charge in [0.15, 0.2) is 0 Å². The number of hydrogen-bond acceptors (Lipinski definition) is 2. The van der Waals surface area contributed by atoms with E-state index < -0.39 is 0 Å². The quantitative estimate of drug-likeness (QED) is 0.165. The molecular formula is C54H34N4. The van der Waals surface area contributed by atoms with Crippen molar-refractivity contribution in [3.05, 3.63) is 206 Å². The minimum Gasteiger partial charge on any atom is -0.309 e. The van der Waals surface area contributed by atoms with Crippen molar-refractivity contribution in [2.24, 2.45) is 0 Å². The zero-order chi connectivity index (χ0) is 38.2. The van der Waals surface area contributed by atoms with Gasteiger partial charge < -0.3 is 4.57 Å². The maximum absolute atomic E-state index is 5.38. The third-order valence-corrected chi connectivity index (χ3v) is 11.7. The number of hydrogen-bond donors (Lipinski definition) is 0. The standard InChI is InChI=1S/C54H34N4/c1-3-15-37(16-4-1)53-43-22-10-9-21-42(43)44-34-52-46(33-48(44)55-53)45-32-39(30-31-50(45)57(52)40-18-5-2-6-19-40)35-26-28-38(29-27-35)54-56-47-23-11-12-24-51(47)58(54)49-25-13-17-36-14-7-8-20-41(36)49/h1-34H. The molecule has 0 saturated carbocycles. The number of imidazole rings is 1. The van der Waals surface area contributed by atoms with Crippen molar-refractivity contribution in [2.45, 2.75) is 0 Å². The summed E-state index contributed by atoms with van der Waals surface area (Å²) < 4.78 is 4.70. The molecule has 12 rings (SSSR count). The lowest BCUT2D eigenvalue weighted by Crippen LogP contribution is -1.98. The van der Waals surface area contributed by atoms with Gasteiger partial charge in [0.05, 0.1) is 39.0 Å². The zero-order valence-electron chi connectivity index (χ0n) is 31.4. The largest absolute Gasteiger partial charge is 0.309 e. The first-order chi connectivity index (χ1) is 28.8.